The lowest BCUT2D eigenvalue weighted by atomic mass is 10.2. The molecule has 1 fully saturated rings. The van der Waals surface area contributed by atoms with Gasteiger partial charge in [0.25, 0.3) is 5.91 Å². The maximum atomic E-state index is 11.5. The summed E-state index contributed by atoms with van der Waals surface area (Å²) in [5, 5.41) is 0. The highest BCUT2D eigenvalue weighted by Gasteiger charge is 2.22. The average Bonchev–Trinajstić information content (AvgIpc) is 2.97. The maximum Gasteiger partial charge on any atom is 0.268 e. The summed E-state index contributed by atoms with van der Waals surface area (Å²) in [6.45, 7) is 2.50. The van der Waals surface area contributed by atoms with Crippen LogP contribution in [-0.4, -0.2) is 35.4 Å². The van der Waals surface area contributed by atoms with Crippen molar-refractivity contribution in [2.24, 2.45) is 5.84 Å². The van der Waals surface area contributed by atoms with Crippen molar-refractivity contribution < 1.29 is 9.21 Å². The van der Waals surface area contributed by atoms with Crippen molar-refractivity contribution in [3.63, 3.8) is 0 Å². The second kappa shape index (κ2) is 5.77. The number of hydrogen-bond donors (Lipinski definition) is 2. The molecule has 3 N–H and O–H groups in total. The van der Waals surface area contributed by atoms with Gasteiger partial charge in [0.15, 0.2) is 0 Å². The van der Waals surface area contributed by atoms with Crippen LogP contribution in [0.2, 0.25) is 0 Å². The van der Waals surface area contributed by atoms with Gasteiger partial charge in [0.05, 0.1) is 12.1 Å². The van der Waals surface area contributed by atoms with E-state index >= 15 is 0 Å². The molecule has 100 valence electrons. The highest BCUT2D eigenvalue weighted by molar-refractivity contribution is 7.99. The first-order valence-electron chi connectivity index (χ1n) is 6.00. The highest BCUT2D eigenvalue weighted by atomic mass is 32.2. The van der Waals surface area contributed by atoms with Gasteiger partial charge in [-0.25, -0.2) is 5.84 Å². The Bertz CT molecular complexity index is 427. The molecule has 1 saturated heterocycles. The van der Waals surface area contributed by atoms with E-state index in [0.29, 0.717) is 17.4 Å². The number of nitrogens with one attached hydrogen (secondary N) is 1. The Morgan fingerprint density at radius 2 is 2.50 bits per heavy atom. The molecular weight excluding hydrogens is 250 g/mol. The molecule has 1 atom stereocenters. The van der Waals surface area contributed by atoms with Gasteiger partial charge in [-0.05, 0) is 32.2 Å². The van der Waals surface area contributed by atoms with E-state index in [1.807, 2.05) is 11.8 Å². The lowest BCUT2D eigenvalue weighted by Crippen LogP contribution is -2.31. The van der Waals surface area contributed by atoms with Crippen molar-refractivity contribution >= 4 is 17.7 Å². The molecule has 0 aliphatic carbocycles. The molecule has 0 aromatic carbocycles. The normalized spacial score (nSPS) is 19.4. The Morgan fingerprint density at radius 3 is 3.11 bits per heavy atom. The number of rotatable bonds is 4. The number of furan rings is 1. The standard InChI is InChI=1S/C12H19N3O2S/c1-8-11(12(16)14-13)5-10(17-8)6-15(2)9-3-4-18-7-9/h5,9H,3-4,6-7,13H2,1-2H3,(H,14,16). The van der Waals surface area contributed by atoms with Crippen LogP contribution >= 0.6 is 11.8 Å². The predicted octanol–water partition coefficient (Wildman–Crippen LogP) is 1.13. The zero-order valence-corrected chi connectivity index (χ0v) is 11.5. The van der Waals surface area contributed by atoms with Gasteiger partial charge >= 0.3 is 0 Å². The molecule has 0 spiro atoms. The minimum atomic E-state index is -0.304. The molecule has 1 amide bonds. The SMILES string of the molecule is Cc1oc(CN(C)C2CCSC2)cc1C(=O)NN. The number of nitrogens with zero attached hydrogens (tertiary/aromatic N) is 1. The summed E-state index contributed by atoms with van der Waals surface area (Å²) in [4.78, 5) is 13.8. The van der Waals surface area contributed by atoms with Crippen molar-refractivity contribution in [1.29, 1.82) is 0 Å². The monoisotopic (exact) mass is 269 g/mol. The molecule has 0 bridgehead atoms. The van der Waals surface area contributed by atoms with Gasteiger partial charge in [-0.2, -0.15) is 11.8 Å². The average molecular weight is 269 g/mol. The van der Waals surface area contributed by atoms with Gasteiger partial charge in [-0.1, -0.05) is 0 Å². The van der Waals surface area contributed by atoms with Gasteiger partial charge in [-0.15, -0.1) is 0 Å². The van der Waals surface area contributed by atoms with Crippen LogP contribution in [0.25, 0.3) is 0 Å². The zero-order chi connectivity index (χ0) is 13.1. The van der Waals surface area contributed by atoms with E-state index in [1.54, 1.807) is 13.0 Å². The van der Waals surface area contributed by atoms with Gasteiger partial charge < -0.3 is 4.42 Å². The minimum Gasteiger partial charge on any atom is -0.464 e. The molecule has 1 unspecified atom stereocenters. The Hall–Kier alpha value is -0.980. The summed E-state index contributed by atoms with van der Waals surface area (Å²) < 4.78 is 5.60. The van der Waals surface area contributed by atoms with E-state index in [1.165, 1.54) is 17.9 Å². The quantitative estimate of drug-likeness (QED) is 0.487. The molecule has 6 heteroatoms. The van der Waals surface area contributed by atoms with Gasteiger partial charge in [-0.3, -0.25) is 15.1 Å². The van der Waals surface area contributed by atoms with E-state index in [0.717, 1.165) is 12.3 Å². The summed E-state index contributed by atoms with van der Waals surface area (Å²) in [5.74, 6) is 8.65. The number of carbonyl (C=O) groups excluding carboxylic acids is 1. The first kappa shape index (κ1) is 13.5. The highest BCUT2D eigenvalue weighted by Crippen LogP contribution is 2.23. The summed E-state index contributed by atoms with van der Waals surface area (Å²) in [6, 6.07) is 2.38. The molecule has 1 aromatic heterocycles. The maximum absolute atomic E-state index is 11.5. The summed E-state index contributed by atoms with van der Waals surface area (Å²) >= 11 is 1.99. The number of aryl methyl sites for hydroxylation is 1. The predicted molar refractivity (Wildman–Crippen MR) is 72.3 cm³/mol. The lowest BCUT2D eigenvalue weighted by Gasteiger charge is -2.21. The number of hydrazine groups is 1. The first-order chi connectivity index (χ1) is 8.61. The van der Waals surface area contributed by atoms with E-state index in [4.69, 9.17) is 10.3 Å². The molecule has 0 radical (unpaired) electrons. The lowest BCUT2D eigenvalue weighted by molar-refractivity contribution is 0.0952. The van der Waals surface area contributed by atoms with Crippen LogP contribution in [0, 0.1) is 6.92 Å². The van der Waals surface area contributed by atoms with Crippen LogP contribution < -0.4 is 11.3 Å². The van der Waals surface area contributed by atoms with Gasteiger partial charge in [0, 0.05) is 11.8 Å². The van der Waals surface area contributed by atoms with Crippen LogP contribution in [0.3, 0.4) is 0 Å². The fourth-order valence-corrected chi connectivity index (χ4v) is 3.47. The van der Waals surface area contributed by atoms with Gasteiger partial charge in [0.1, 0.15) is 11.5 Å². The Morgan fingerprint density at radius 1 is 1.72 bits per heavy atom. The zero-order valence-electron chi connectivity index (χ0n) is 10.7. The van der Waals surface area contributed by atoms with E-state index in [-0.39, 0.29) is 5.91 Å². The molecule has 1 aliphatic heterocycles. The van der Waals surface area contributed by atoms with Crippen molar-refractivity contribution in [2.75, 3.05) is 18.6 Å². The second-order valence-corrected chi connectivity index (χ2v) is 5.74. The first-order valence-corrected chi connectivity index (χ1v) is 7.15. The Balaban J connectivity index is 2.03. The third kappa shape index (κ3) is 2.88. The molecular formula is C12H19N3O2S. The van der Waals surface area contributed by atoms with Crippen molar-refractivity contribution in [2.45, 2.75) is 25.9 Å². The smallest absolute Gasteiger partial charge is 0.268 e. The molecule has 2 rings (SSSR count). The van der Waals surface area contributed by atoms with E-state index in [9.17, 15) is 4.79 Å². The molecule has 18 heavy (non-hydrogen) atoms. The fraction of sp³-hybridized carbons (Fsp3) is 0.583. The Labute approximate surface area is 111 Å². The second-order valence-electron chi connectivity index (χ2n) is 4.59. The summed E-state index contributed by atoms with van der Waals surface area (Å²) in [7, 11) is 2.09. The van der Waals surface area contributed by atoms with E-state index in [2.05, 4.69) is 17.4 Å². The topological polar surface area (TPSA) is 71.5 Å². The van der Waals surface area contributed by atoms with Crippen LogP contribution in [0.4, 0.5) is 0 Å². The molecule has 5 nitrogen and oxygen atoms in total. The number of thioether (sulfide) groups is 1. The summed E-state index contributed by atoms with van der Waals surface area (Å²) in [5.41, 5.74) is 2.64. The number of nitrogens with two attached hydrogens (primary N) is 1. The van der Waals surface area contributed by atoms with Crippen LogP contribution in [0.5, 0.6) is 0 Å². The van der Waals surface area contributed by atoms with E-state index < -0.39 is 0 Å². The van der Waals surface area contributed by atoms with Gasteiger partial charge in [0.2, 0.25) is 0 Å². The summed E-state index contributed by atoms with van der Waals surface area (Å²) in [6.07, 6.45) is 1.22. The number of nitrogen functional groups attached to an aromatic ring is 1. The number of carbonyl (C=O) groups is 1. The number of amides is 1. The van der Waals surface area contributed by atoms with Crippen LogP contribution in [0.1, 0.15) is 28.3 Å². The fourth-order valence-electron chi connectivity index (χ4n) is 2.17. The molecule has 1 aromatic rings. The molecule has 1 aliphatic rings. The minimum absolute atomic E-state index is 0.304. The van der Waals surface area contributed by atoms with Crippen molar-refractivity contribution in [3.8, 4) is 0 Å². The molecule has 0 saturated carbocycles. The van der Waals surface area contributed by atoms with Crippen molar-refractivity contribution in [3.05, 3.63) is 23.2 Å². The third-order valence-electron chi connectivity index (χ3n) is 3.28. The molecule has 2 heterocycles. The number of hydrogen-bond acceptors (Lipinski definition) is 5. The van der Waals surface area contributed by atoms with Crippen LogP contribution in [0.15, 0.2) is 10.5 Å². The largest absolute Gasteiger partial charge is 0.464 e. The van der Waals surface area contributed by atoms with Crippen molar-refractivity contribution in [1.82, 2.24) is 10.3 Å². The van der Waals surface area contributed by atoms with Crippen LogP contribution in [-0.2, 0) is 6.54 Å². The Kier molecular flexibility index (Phi) is 4.31. The third-order valence-corrected chi connectivity index (χ3v) is 4.42.